The minimum atomic E-state index is -4.95. The van der Waals surface area contributed by atoms with Crippen molar-refractivity contribution in [2.45, 2.75) is 32.5 Å². The zero-order valence-corrected chi connectivity index (χ0v) is 19.0. The summed E-state index contributed by atoms with van der Waals surface area (Å²) in [7, 11) is 0. The first kappa shape index (κ1) is 23.7. The molecular weight excluding hydrogens is 469 g/mol. The van der Waals surface area contributed by atoms with Crippen molar-refractivity contribution in [2.75, 3.05) is 0 Å². The van der Waals surface area contributed by atoms with E-state index in [0.29, 0.717) is 10.6 Å². The van der Waals surface area contributed by atoms with E-state index in [1.807, 2.05) is 13.8 Å². The van der Waals surface area contributed by atoms with Gasteiger partial charge in [0, 0.05) is 11.1 Å². The van der Waals surface area contributed by atoms with Gasteiger partial charge in [0.15, 0.2) is 0 Å². The first-order valence-corrected chi connectivity index (χ1v) is 10.8. The molecule has 4 rings (SSSR count). The van der Waals surface area contributed by atoms with E-state index in [1.165, 1.54) is 24.3 Å². The lowest BCUT2D eigenvalue weighted by atomic mass is 10.0. The highest BCUT2D eigenvalue weighted by Gasteiger charge is 2.40. The highest BCUT2D eigenvalue weighted by Crippen LogP contribution is 2.40. The minimum Gasteiger partial charge on any atom is -0.489 e. The van der Waals surface area contributed by atoms with E-state index >= 15 is 0 Å². The molecule has 0 unspecified atom stereocenters. The maximum Gasteiger partial charge on any atom is 0.453 e. The Morgan fingerprint density at radius 1 is 1.00 bits per heavy atom. The summed E-state index contributed by atoms with van der Waals surface area (Å²) in [6.07, 6.45) is -4.95. The van der Waals surface area contributed by atoms with Crippen molar-refractivity contribution in [1.82, 2.24) is 0 Å². The van der Waals surface area contributed by atoms with Crippen LogP contribution >= 0.6 is 11.6 Å². The van der Waals surface area contributed by atoms with Crippen LogP contribution in [0.2, 0.25) is 5.02 Å². The number of rotatable bonds is 6. The van der Waals surface area contributed by atoms with Gasteiger partial charge in [-0.25, -0.2) is 0 Å². The van der Waals surface area contributed by atoms with Gasteiger partial charge < -0.3 is 13.9 Å². The smallest absolute Gasteiger partial charge is 0.453 e. The summed E-state index contributed by atoms with van der Waals surface area (Å²) >= 11 is 5.86. The van der Waals surface area contributed by atoms with Gasteiger partial charge in [-0.2, -0.15) is 13.2 Å². The van der Waals surface area contributed by atoms with Crippen molar-refractivity contribution in [3.63, 3.8) is 0 Å². The number of halogens is 4. The predicted molar refractivity (Wildman–Crippen MR) is 124 cm³/mol. The van der Waals surface area contributed by atoms with E-state index in [1.54, 1.807) is 42.5 Å². The largest absolute Gasteiger partial charge is 0.489 e. The van der Waals surface area contributed by atoms with Gasteiger partial charge >= 0.3 is 6.18 Å². The highest BCUT2D eigenvalue weighted by atomic mass is 35.5. The van der Waals surface area contributed by atoms with Crippen LogP contribution < -0.4 is 14.9 Å². The number of hydrogen-bond acceptors (Lipinski definition) is 4. The van der Waals surface area contributed by atoms with E-state index in [9.17, 15) is 18.0 Å². The number of ether oxygens (including phenoxy) is 2. The number of para-hydroxylation sites is 1. The third-order valence-corrected chi connectivity index (χ3v) is 5.40. The van der Waals surface area contributed by atoms with Crippen LogP contribution in [0.5, 0.6) is 17.2 Å². The van der Waals surface area contributed by atoms with Crippen LogP contribution in [0.4, 0.5) is 13.2 Å². The number of alkyl halides is 3. The molecule has 34 heavy (non-hydrogen) atoms. The predicted octanol–water partition coefficient (Wildman–Crippen LogP) is 7.96. The molecule has 0 amide bonds. The zero-order chi connectivity index (χ0) is 24.5. The molecule has 4 aromatic rings. The van der Waals surface area contributed by atoms with Crippen molar-refractivity contribution >= 4 is 22.6 Å². The molecular formula is C26H20ClF3O4. The first-order chi connectivity index (χ1) is 16.1. The van der Waals surface area contributed by atoms with Gasteiger partial charge in [-0.3, -0.25) is 4.79 Å². The summed E-state index contributed by atoms with van der Waals surface area (Å²) in [5.74, 6) is -2.02. The Morgan fingerprint density at radius 2 is 1.71 bits per heavy atom. The molecule has 0 bridgehead atoms. The Balaban J connectivity index is 1.74. The summed E-state index contributed by atoms with van der Waals surface area (Å²) in [6.45, 7) is 3.91. The molecule has 0 saturated heterocycles. The van der Waals surface area contributed by atoms with E-state index in [-0.39, 0.29) is 35.0 Å². The molecule has 0 aliphatic carbocycles. The average molecular weight is 489 g/mol. The molecule has 0 radical (unpaired) electrons. The van der Waals surface area contributed by atoms with Crippen molar-refractivity contribution in [3.05, 3.63) is 98.9 Å². The number of benzene rings is 3. The second-order valence-corrected chi connectivity index (χ2v) is 8.39. The third-order valence-electron chi connectivity index (χ3n) is 5.15. The van der Waals surface area contributed by atoms with E-state index in [2.05, 4.69) is 0 Å². The Bertz CT molecular complexity index is 1380. The maximum absolute atomic E-state index is 13.9. The second-order valence-electron chi connectivity index (χ2n) is 7.95. The van der Waals surface area contributed by atoms with Gasteiger partial charge in [-0.1, -0.05) is 55.8 Å². The summed E-state index contributed by atoms with van der Waals surface area (Å²) in [4.78, 5) is 13.1. The van der Waals surface area contributed by atoms with Gasteiger partial charge in [0.05, 0.1) is 5.39 Å². The maximum atomic E-state index is 13.9. The molecule has 8 heteroatoms. The van der Waals surface area contributed by atoms with Crippen molar-refractivity contribution in [3.8, 4) is 17.2 Å². The first-order valence-electron chi connectivity index (χ1n) is 10.5. The standard InChI is InChI=1S/C26H20ClF3O4/c1-15(2)19-5-3-4-6-21(19)33-24-23(31)20-12-11-18(13-22(20)34-25(24)26(28,29)30)32-14-16-7-9-17(27)10-8-16/h3-13,15H,14H2,1-2H3. The van der Waals surface area contributed by atoms with Crippen molar-refractivity contribution in [2.24, 2.45) is 0 Å². The summed E-state index contributed by atoms with van der Waals surface area (Å²) in [5, 5.41) is 0.522. The summed E-state index contributed by atoms with van der Waals surface area (Å²) in [6, 6.07) is 17.7. The molecule has 0 aliphatic rings. The molecule has 4 nitrogen and oxygen atoms in total. The molecule has 0 fully saturated rings. The molecule has 3 aromatic carbocycles. The Morgan fingerprint density at radius 3 is 2.38 bits per heavy atom. The molecule has 0 spiro atoms. The Kier molecular flexibility index (Phi) is 6.57. The van der Waals surface area contributed by atoms with E-state index < -0.39 is 23.1 Å². The quantitative estimate of drug-likeness (QED) is 0.276. The fourth-order valence-corrected chi connectivity index (χ4v) is 3.56. The summed E-state index contributed by atoms with van der Waals surface area (Å²) < 4.78 is 58.0. The number of fused-ring (bicyclic) bond motifs is 1. The van der Waals surface area contributed by atoms with Crippen LogP contribution in [0.15, 0.2) is 75.9 Å². The molecule has 176 valence electrons. The monoisotopic (exact) mass is 488 g/mol. The van der Waals surface area contributed by atoms with Gasteiger partial charge in [0.1, 0.15) is 23.7 Å². The van der Waals surface area contributed by atoms with Crippen LogP contribution in [0, 0.1) is 0 Å². The topological polar surface area (TPSA) is 48.7 Å². The lowest BCUT2D eigenvalue weighted by molar-refractivity contribution is -0.154. The van der Waals surface area contributed by atoms with Crippen LogP contribution in [0.25, 0.3) is 11.0 Å². The normalized spacial score (nSPS) is 11.7. The van der Waals surface area contributed by atoms with Crippen LogP contribution in [0.3, 0.4) is 0 Å². The fourth-order valence-electron chi connectivity index (χ4n) is 3.43. The lowest BCUT2D eigenvalue weighted by Gasteiger charge is -2.16. The third kappa shape index (κ3) is 5.04. The molecule has 0 aliphatic heterocycles. The van der Waals surface area contributed by atoms with Gasteiger partial charge in [-0.05, 0) is 47.4 Å². The average Bonchev–Trinajstić information content (AvgIpc) is 2.79. The Labute approximate surface area is 198 Å². The van der Waals surface area contributed by atoms with Gasteiger partial charge in [0.2, 0.25) is 11.2 Å². The van der Waals surface area contributed by atoms with E-state index in [0.717, 1.165) is 5.56 Å². The van der Waals surface area contributed by atoms with Crippen LogP contribution in [0.1, 0.15) is 36.7 Å². The van der Waals surface area contributed by atoms with Crippen LogP contribution in [-0.2, 0) is 12.8 Å². The fraction of sp³-hybridized carbons (Fsp3) is 0.192. The van der Waals surface area contributed by atoms with Crippen LogP contribution in [-0.4, -0.2) is 0 Å². The second kappa shape index (κ2) is 9.43. The molecule has 0 atom stereocenters. The van der Waals surface area contributed by atoms with Gasteiger partial charge in [0.25, 0.3) is 5.76 Å². The SMILES string of the molecule is CC(C)c1ccccc1Oc1c(C(F)(F)F)oc2cc(OCc3ccc(Cl)cc3)ccc2c1=O. The molecule has 1 heterocycles. The summed E-state index contributed by atoms with van der Waals surface area (Å²) in [5.41, 5.74) is 0.308. The van der Waals surface area contributed by atoms with Gasteiger partial charge in [-0.15, -0.1) is 0 Å². The Hall–Kier alpha value is -3.45. The van der Waals surface area contributed by atoms with Crippen molar-refractivity contribution in [1.29, 1.82) is 0 Å². The molecule has 0 saturated carbocycles. The highest BCUT2D eigenvalue weighted by molar-refractivity contribution is 6.30. The molecule has 1 aromatic heterocycles. The van der Waals surface area contributed by atoms with Crippen molar-refractivity contribution < 1.29 is 27.1 Å². The van der Waals surface area contributed by atoms with E-state index in [4.69, 9.17) is 25.5 Å². The minimum absolute atomic E-state index is 0.0293. The number of hydrogen-bond donors (Lipinski definition) is 0. The lowest BCUT2D eigenvalue weighted by Crippen LogP contribution is -2.16. The zero-order valence-electron chi connectivity index (χ0n) is 18.3. The molecule has 0 N–H and O–H groups in total.